The Morgan fingerprint density at radius 2 is 2.13 bits per heavy atom. The zero-order valence-corrected chi connectivity index (χ0v) is 13.9. The number of ether oxygens (including phenoxy) is 2. The molecule has 0 aliphatic carbocycles. The minimum absolute atomic E-state index is 0.0131. The summed E-state index contributed by atoms with van der Waals surface area (Å²) in [5, 5.41) is 2.74. The van der Waals surface area contributed by atoms with Crippen LogP contribution in [0.1, 0.15) is 16.8 Å². The standard InChI is InChI=1S/C17H14BrNO4/c1-22-12-4-2-3-11(8-12)19-17(21)16-9-14(20)13-7-10(18)5-6-15(13)23-16/h2-8,16H,9H2,1H3,(H,19,21). The van der Waals surface area contributed by atoms with Crippen molar-refractivity contribution in [2.45, 2.75) is 12.5 Å². The maximum Gasteiger partial charge on any atom is 0.265 e. The van der Waals surface area contributed by atoms with Crippen molar-refractivity contribution in [1.82, 2.24) is 0 Å². The summed E-state index contributed by atoms with van der Waals surface area (Å²) in [6.07, 6.45) is -0.832. The Bertz CT molecular complexity index is 775. The number of anilines is 1. The van der Waals surface area contributed by atoms with Crippen LogP contribution < -0.4 is 14.8 Å². The summed E-state index contributed by atoms with van der Waals surface area (Å²) < 4.78 is 11.6. The molecule has 1 atom stereocenters. The first-order valence-electron chi connectivity index (χ1n) is 7.01. The summed E-state index contributed by atoms with van der Waals surface area (Å²) in [5.74, 6) is 0.590. The smallest absolute Gasteiger partial charge is 0.265 e. The predicted octanol–water partition coefficient (Wildman–Crippen LogP) is 3.43. The molecule has 5 nitrogen and oxygen atoms in total. The number of fused-ring (bicyclic) bond motifs is 1. The number of rotatable bonds is 3. The number of hydrogen-bond donors (Lipinski definition) is 1. The van der Waals surface area contributed by atoms with Crippen LogP contribution in [0.4, 0.5) is 5.69 Å². The van der Waals surface area contributed by atoms with E-state index in [-0.39, 0.29) is 18.1 Å². The van der Waals surface area contributed by atoms with Gasteiger partial charge in [0, 0.05) is 16.2 Å². The minimum Gasteiger partial charge on any atom is -0.497 e. The average molecular weight is 376 g/mol. The van der Waals surface area contributed by atoms with Gasteiger partial charge in [0.25, 0.3) is 5.91 Å². The highest BCUT2D eigenvalue weighted by Gasteiger charge is 2.31. The van der Waals surface area contributed by atoms with Crippen molar-refractivity contribution < 1.29 is 19.1 Å². The average Bonchev–Trinajstić information content (AvgIpc) is 2.55. The monoisotopic (exact) mass is 375 g/mol. The van der Waals surface area contributed by atoms with Gasteiger partial charge in [-0.15, -0.1) is 0 Å². The molecular weight excluding hydrogens is 362 g/mol. The Labute approximate surface area is 141 Å². The fourth-order valence-electron chi connectivity index (χ4n) is 2.37. The van der Waals surface area contributed by atoms with Gasteiger partial charge in [-0.25, -0.2) is 0 Å². The van der Waals surface area contributed by atoms with Gasteiger partial charge in [-0.2, -0.15) is 0 Å². The minimum atomic E-state index is -0.845. The Morgan fingerprint density at radius 3 is 2.91 bits per heavy atom. The highest BCUT2D eigenvalue weighted by atomic mass is 79.9. The lowest BCUT2D eigenvalue weighted by Gasteiger charge is -2.24. The van der Waals surface area contributed by atoms with Crippen LogP contribution in [0.3, 0.4) is 0 Å². The van der Waals surface area contributed by atoms with E-state index in [0.29, 0.717) is 22.7 Å². The Hall–Kier alpha value is -2.34. The molecule has 0 radical (unpaired) electrons. The third-order valence-corrected chi connectivity index (χ3v) is 4.00. The molecule has 2 aromatic rings. The summed E-state index contributed by atoms with van der Waals surface area (Å²) in [7, 11) is 1.55. The first kappa shape index (κ1) is 15.6. The van der Waals surface area contributed by atoms with Crippen LogP contribution in [0.15, 0.2) is 46.9 Å². The maximum absolute atomic E-state index is 12.4. The van der Waals surface area contributed by atoms with Gasteiger partial charge in [-0.05, 0) is 30.3 Å². The van der Waals surface area contributed by atoms with Crippen LogP contribution in [0, 0.1) is 0 Å². The molecule has 2 aromatic carbocycles. The second kappa shape index (κ2) is 6.42. The summed E-state index contributed by atoms with van der Waals surface area (Å²) >= 11 is 3.32. The van der Waals surface area contributed by atoms with E-state index in [9.17, 15) is 9.59 Å². The van der Waals surface area contributed by atoms with Crippen LogP contribution in [0.2, 0.25) is 0 Å². The van der Waals surface area contributed by atoms with E-state index in [1.54, 1.807) is 49.6 Å². The summed E-state index contributed by atoms with van der Waals surface area (Å²) in [6, 6.07) is 12.2. The molecule has 1 aliphatic heterocycles. The molecular formula is C17H14BrNO4. The number of carbonyl (C=O) groups is 2. The first-order chi connectivity index (χ1) is 11.1. The molecule has 0 fully saturated rings. The lowest BCUT2D eigenvalue weighted by atomic mass is 10.0. The predicted molar refractivity (Wildman–Crippen MR) is 89.1 cm³/mol. The van der Waals surface area contributed by atoms with Gasteiger partial charge in [0.05, 0.1) is 19.1 Å². The Balaban J connectivity index is 1.76. The topological polar surface area (TPSA) is 64.6 Å². The van der Waals surface area contributed by atoms with E-state index >= 15 is 0 Å². The molecule has 0 saturated heterocycles. The molecule has 1 N–H and O–H groups in total. The number of methoxy groups -OCH3 is 1. The van der Waals surface area contributed by atoms with E-state index in [4.69, 9.17) is 9.47 Å². The normalized spacial score (nSPS) is 16.3. The second-order valence-electron chi connectivity index (χ2n) is 5.10. The fourth-order valence-corrected chi connectivity index (χ4v) is 2.73. The molecule has 1 unspecified atom stereocenters. The van der Waals surface area contributed by atoms with E-state index < -0.39 is 6.10 Å². The third-order valence-electron chi connectivity index (χ3n) is 3.51. The number of carbonyl (C=O) groups excluding carboxylic acids is 2. The number of hydrogen-bond acceptors (Lipinski definition) is 4. The van der Waals surface area contributed by atoms with Gasteiger partial charge in [0.2, 0.25) is 0 Å². The quantitative estimate of drug-likeness (QED) is 0.892. The van der Waals surface area contributed by atoms with Gasteiger partial charge in [-0.3, -0.25) is 9.59 Å². The number of ketones is 1. The second-order valence-corrected chi connectivity index (χ2v) is 6.01. The van der Waals surface area contributed by atoms with Crippen molar-refractivity contribution in [1.29, 1.82) is 0 Å². The number of Topliss-reactive ketones (excluding diaryl/α,β-unsaturated/α-hetero) is 1. The zero-order chi connectivity index (χ0) is 16.4. The Morgan fingerprint density at radius 1 is 1.30 bits per heavy atom. The van der Waals surface area contributed by atoms with Crippen molar-refractivity contribution in [3.63, 3.8) is 0 Å². The Kier molecular flexibility index (Phi) is 4.34. The molecule has 0 aromatic heterocycles. The van der Waals surface area contributed by atoms with Crippen molar-refractivity contribution in [2.24, 2.45) is 0 Å². The number of amides is 1. The van der Waals surface area contributed by atoms with Crippen LogP contribution in [0.5, 0.6) is 11.5 Å². The molecule has 23 heavy (non-hydrogen) atoms. The highest BCUT2D eigenvalue weighted by Crippen LogP contribution is 2.30. The van der Waals surface area contributed by atoms with Gasteiger partial charge < -0.3 is 14.8 Å². The molecule has 118 valence electrons. The third kappa shape index (κ3) is 3.37. The SMILES string of the molecule is COc1cccc(NC(=O)C2CC(=O)c3cc(Br)ccc3O2)c1. The zero-order valence-electron chi connectivity index (χ0n) is 12.3. The van der Waals surface area contributed by atoms with Crippen molar-refractivity contribution in [2.75, 3.05) is 12.4 Å². The number of halogens is 1. The van der Waals surface area contributed by atoms with Crippen molar-refractivity contribution >= 4 is 33.3 Å². The highest BCUT2D eigenvalue weighted by molar-refractivity contribution is 9.10. The number of benzene rings is 2. The van der Waals surface area contributed by atoms with Crippen LogP contribution in [-0.4, -0.2) is 24.9 Å². The lowest BCUT2D eigenvalue weighted by molar-refractivity contribution is -0.122. The molecule has 0 bridgehead atoms. The maximum atomic E-state index is 12.4. The first-order valence-corrected chi connectivity index (χ1v) is 7.80. The summed E-state index contributed by atoms with van der Waals surface area (Å²) in [5.41, 5.74) is 1.08. The van der Waals surface area contributed by atoms with E-state index in [0.717, 1.165) is 4.47 Å². The van der Waals surface area contributed by atoms with Crippen LogP contribution in [0.25, 0.3) is 0 Å². The van der Waals surface area contributed by atoms with E-state index in [2.05, 4.69) is 21.2 Å². The fraction of sp³-hybridized carbons (Fsp3) is 0.176. The van der Waals surface area contributed by atoms with Gasteiger partial charge in [0.15, 0.2) is 11.9 Å². The molecule has 1 heterocycles. The molecule has 1 amide bonds. The number of nitrogens with one attached hydrogen (secondary N) is 1. The van der Waals surface area contributed by atoms with Gasteiger partial charge in [0.1, 0.15) is 11.5 Å². The van der Waals surface area contributed by atoms with Crippen molar-refractivity contribution in [3.8, 4) is 11.5 Å². The lowest BCUT2D eigenvalue weighted by Crippen LogP contribution is -2.38. The molecule has 6 heteroatoms. The van der Waals surface area contributed by atoms with E-state index in [1.807, 2.05) is 0 Å². The molecule has 3 rings (SSSR count). The summed E-state index contributed by atoms with van der Waals surface area (Å²) in [4.78, 5) is 24.6. The van der Waals surface area contributed by atoms with Crippen LogP contribution in [-0.2, 0) is 4.79 Å². The summed E-state index contributed by atoms with van der Waals surface area (Å²) in [6.45, 7) is 0. The largest absolute Gasteiger partial charge is 0.497 e. The van der Waals surface area contributed by atoms with Gasteiger partial charge in [-0.1, -0.05) is 22.0 Å². The van der Waals surface area contributed by atoms with E-state index in [1.165, 1.54) is 0 Å². The molecule has 0 saturated carbocycles. The van der Waals surface area contributed by atoms with Gasteiger partial charge >= 0.3 is 0 Å². The van der Waals surface area contributed by atoms with Crippen LogP contribution >= 0.6 is 15.9 Å². The molecule has 0 spiro atoms. The van der Waals surface area contributed by atoms with Crippen molar-refractivity contribution in [3.05, 3.63) is 52.5 Å². The molecule has 1 aliphatic rings.